The number of likely N-dealkylation sites (N-methyl/N-ethyl adjacent to an activating group) is 2. The van der Waals surface area contributed by atoms with Crippen molar-refractivity contribution in [3.63, 3.8) is 0 Å². The van der Waals surface area contributed by atoms with Crippen molar-refractivity contribution in [2.24, 2.45) is 0 Å². The molecule has 0 saturated heterocycles. The van der Waals surface area contributed by atoms with Crippen LogP contribution in [0, 0.1) is 6.92 Å². The maximum absolute atomic E-state index is 14.1. The molecule has 3 aromatic carbocycles. The monoisotopic (exact) mass is 396 g/mol. The van der Waals surface area contributed by atoms with Crippen LogP contribution in [0.4, 0.5) is 11.4 Å². The molecule has 3 aromatic rings. The molecule has 3 heterocycles. The van der Waals surface area contributed by atoms with Crippen LogP contribution in [0.2, 0.25) is 0 Å². The van der Waals surface area contributed by atoms with Crippen LogP contribution in [0.3, 0.4) is 0 Å². The minimum absolute atomic E-state index is 0.148. The van der Waals surface area contributed by atoms with Crippen LogP contribution < -0.4 is 14.5 Å². The van der Waals surface area contributed by atoms with Gasteiger partial charge in [-0.05, 0) is 30.7 Å². The van der Waals surface area contributed by atoms with E-state index in [1.807, 2.05) is 73.7 Å². The summed E-state index contributed by atoms with van der Waals surface area (Å²) in [7, 11) is 3.51. The summed E-state index contributed by atoms with van der Waals surface area (Å²) < 4.78 is 6.62. The Morgan fingerprint density at radius 3 is 2.07 bits per heavy atom. The summed E-state index contributed by atoms with van der Waals surface area (Å²) in [5.41, 5.74) is 2.10. The van der Waals surface area contributed by atoms with Gasteiger partial charge in [0.05, 0.1) is 5.69 Å². The Hall–Kier alpha value is -3.60. The number of carbonyl (C=O) groups excluding carboxylic acids is 2. The van der Waals surface area contributed by atoms with Gasteiger partial charge >= 0.3 is 0 Å². The lowest BCUT2D eigenvalue weighted by Gasteiger charge is -2.37. The average Bonchev–Trinajstić information content (AvgIpc) is 3.27. The topological polar surface area (TPSA) is 49.9 Å². The third kappa shape index (κ3) is 1.60. The molecule has 148 valence electrons. The number of anilines is 2. The van der Waals surface area contributed by atoms with Crippen molar-refractivity contribution < 1.29 is 14.3 Å². The van der Waals surface area contributed by atoms with Gasteiger partial charge in [0.1, 0.15) is 5.75 Å². The smallest absolute Gasteiger partial charge is 0.277 e. The molecular weight excluding hydrogens is 376 g/mol. The number of benzene rings is 3. The molecule has 0 saturated carbocycles. The van der Waals surface area contributed by atoms with Crippen molar-refractivity contribution in [2.45, 2.75) is 17.9 Å². The van der Waals surface area contributed by atoms with Crippen LogP contribution >= 0.6 is 0 Å². The van der Waals surface area contributed by atoms with Crippen LogP contribution in [0.15, 0.2) is 66.7 Å². The van der Waals surface area contributed by atoms with Gasteiger partial charge in [0.2, 0.25) is 11.5 Å². The number of hydrogen-bond donors (Lipinski definition) is 0. The van der Waals surface area contributed by atoms with E-state index in [2.05, 4.69) is 0 Å². The third-order valence-corrected chi connectivity index (χ3v) is 6.88. The molecule has 5 heteroatoms. The second kappa shape index (κ2) is 5.30. The molecule has 2 spiro atoms. The number of nitrogens with zero attached hydrogens (tertiary/aromatic N) is 2. The molecule has 2 atom stereocenters. The SMILES string of the molecule is Cc1ccc2c(c1)OC1(C(=O)N(C)c3ccccc31)C21C(=O)N(C)c2ccccc21. The lowest BCUT2D eigenvalue weighted by Crippen LogP contribution is -2.59. The normalized spacial score (nSPS) is 25.7. The third-order valence-electron chi connectivity index (χ3n) is 6.88. The Bertz CT molecular complexity index is 1280. The van der Waals surface area contributed by atoms with Crippen LogP contribution in [-0.2, 0) is 20.6 Å². The van der Waals surface area contributed by atoms with E-state index in [1.165, 1.54) is 0 Å². The zero-order chi connectivity index (χ0) is 20.8. The highest BCUT2D eigenvalue weighted by Crippen LogP contribution is 2.66. The fraction of sp³-hybridized carbons (Fsp3) is 0.200. The molecule has 3 aliphatic heterocycles. The molecule has 0 bridgehead atoms. The molecule has 0 radical (unpaired) electrons. The molecule has 3 aliphatic rings. The summed E-state index contributed by atoms with van der Waals surface area (Å²) in [5, 5.41) is 0. The van der Waals surface area contributed by atoms with E-state index in [0.29, 0.717) is 5.75 Å². The number of fused-ring (bicyclic) bond motifs is 7. The van der Waals surface area contributed by atoms with E-state index in [-0.39, 0.29) is 11.8 Å². The molecular formula is C25H20N2O3. The minimum atomic E-state index is -1.48. The van der Waals surface area contributed by atoms with Crippen molar-refractivity contribution in [1.82, 2.24) is 0 Å². The van der Waals surface area contributed by atoms with Crippen LogP contribution in [-0.4, -0.2) is 25.9 Å². The van der Waals surface area contributed by atoms with Gasteiger partial charge < -0.3 is 14.5 Å². The van der Waals surface area contributed by atoms with Gasteiger partial charge in [0, 0.05) is 36.5 Å². The maximum atomic E-state index is 14.1. The first kappa shape index (κ1) is 17.3. The van der Waals surface area contributed by atoms with Crippen molar-refractivity contribution in [3.8, 4) is 5.75 Å². The Balaban J connectivity index is 1.82. The van der Waals surface area contributed by atoms with Crippen molar-refractivity contribution in [1.29, 1.82) is 0 Å². The lowest BCUT2D eigenvalue weighted by molar-refractivity contribution is -0.142. The van der Waals surface area contributed by atoms with E-state index >= 15 is 0 Å². The first-order valence-electron chi connectivity index (χ1n) is 10.00. The summed E-state index contributed by atoms with van der Waals surface area (Å²) in [6.07, 6.45) is 0. The number of ether oxygens (including phenoxy) is 1. The summed E-state index contributed by atoms with van der Waals surface area (Å²) in [6, 6.07) is 21.2. The maximum Gasteiger partial charge on any atom is 0.277 e. The zero-order valence-electron chi connectivity index (χ0n) is 17.0. The van der Waals surface area contributed by atoms with E-state index in [0.717, 1.165) is 33.6 Å². The number of amides is 2. The molecule has 2 unspecified atom stereocenters. The van der Waals surface area contributed by atoms with Crippen molar-refractivity contribution >= 4 is 23.2 Å². The van der Waals surface area contributed by atoms with Gasteiger partial charge in [0.15, 0.2) is 5.41 Å². The molecule has 0 aliphatic carbocycles. The minimum Gasteiger partial charge on any atom is -0.470 e. The van der Waals surface area contributed by atoms with Gasteiger partial charge in [-0.3, -0.25) is 9.59 Å². The molecule has 30 heavy (non-hydrogen) atoms. The van der Waals surface area contributed by atoms with Gasteiger partial charge in [-0.15, -0.1) is 0 Å². The van der Waals surface area contributed by atoms with E-state index in [9.17, 15) is 9.59 Å². The van der Waals surface area contributed by atoms with Crippen molar-refractivity contribution in [3.05, 3.63) is 89.0 Å². The van der Waals surface area contributed by atoms with E-state index in [1.54, 1.807) is 23.9 Å². The second-order valence-electron chi connectivity index (χ2n) is 8.30. The standard InChI is InChI=1S/C25H20N2O3/c1-15-12-13-18-21(14-15)30-25(17-9-5-7-11-20(17)27(3)23(25)29)24(18)16-8-4-6-10-19(16)26(2)22(24)28/h4-14H,1-3H3. The fourth-order valence-electron chi connectivity index (χ4n) is 5.60. The summed E-state index contributed by atoms with van der Waals surface area (Å²) in [5.74, 6) is 0.215. The quantitative estimate of drug-likeness (QED) is 0.584. The summed E-state index contributed by atoms with van der Waals surface area (Å²) in [4.78, 5) is 31.4. The predicted molar refractivity (Wildman–Crippen MR) is 114 cm³/mol. The van der Waals surface area contributed by atoms with Gasteiger partial charge in [-0.2, -0.15) is 0 Å². The molecule has 0 N–H and O–H groups in total. The Labute approximate surface area is 174 Å². The predicted octanol–water partition coefficient (Wildman–Crippen LogP) is 3.52. The largest absolute Gasteiger partial charge is 0.470 e. The molecule has 0 fully saturated rings. The number of carbonyl (C=O) groups is 2. The van der Waals surface area contributed by atoms with Crippen molar-refractivity contribution in [2.75, 3.05) is 23.9 Å². The highest BCUT2D eigenvalue weighted by molar-refractivity contribution is 6.20. The van der Waals surface area contributed by atoms with Crippen LogP contribution in [0.25, 0.3) is 0 Å². The van der Waals surface area contributed by atoms with Gasteiger partial charge in [0.25, 0.3) is 5.91 Å². The average molecular weight is 396 g/mol. The van der Waals surface area contributed by atoms with E-state index in [4.69, 9.17) is 4.74 Å². The molecule has 0 aromatic heterocycles. The molecule has 5 nitrogen and oxygen atoms in total. The first-order chi connectivity index (χ1) is 14.4. The highest BCUT2D eigenvalue weighted by Gasteiger charge is 2.76. The van der Waals surface area contributed by atoms with E-state index < -0.39 is 11.0 Å². The number of aryl methyl sites for hydroxylation is 1. The Morgan fingerprint density at radius 1 is 0.733 bits per heavy atom. The lowest BCUT2D eigenvalue weighted by atomic mass is 9.62. The van der Waals surface area contributed by atoms with Crippen LogP contribution in [0.5, 0.6) is 5.75 Å². The second-order valence-corrected chi connectivity index (χ2v) is 8.30. The molecule has 6 rings (SSSR count). The summed E-state index contributed by atoms with van der Waals surface area (Å²) in [6.45, 7) is 1.98. The fourth-order valence-corrected chi connectivity index (χ4v) is 5.60. The van der Waals surface area contributed by atoms with Crippen LogP contribution in [0.1, 0.15) is 22.3 Å². The Kier molecular flexibility index (Phi) is 3.05. The zero-order valence-corrected chi connectivity index (χ0v) is 17.0. The summed E-state index contributed by atoms with van der Waals surface area (Å²) >= 11 is 0. The number of rotatable bonds is 0. The molecule has 2 amide bonds. The van der Waals surface area contributed by atoms with Gasteiger partial charge in [-0.25, -0.2) is 0 Å². The van der Waals surface area contributed by atoms with Gasteiger partial charge in [-0.1, -0.05) is 48.5 Å². The number of hydrogen-bond acceptors (Lipinski definition) is 3. The highest BCUT2D eigenvalue weighted by atomic mass is 16.5. The Morgan fingerprint density at radius 2 is 1.33 bits per heavy atom. The number of para-hydroxylation sites is 2. The first-order valence-corrected chi connectivity index (χ1v) is 10.00.